The van der Waals surface area contributed by atoms with E-state index in [4.69, 9.17) is 9.47 Å². The molecule has 8 nitrogen and oxygen atoms in total. The molecule has 0 saturated carbocycles. The van der Waals surface area contributed by atoms with Crippen LogP contribution in [0.4, 0.5) is 5.69 Å². The SMILES string of the molecule is Cc1ccsc1C(=O)OCC(=O)Nc1ccc(S(=O)(=O)N2CCOCC2)cc1. The molecular weight excluding hydrogens is 404 g/mol. The number of thiophene rings is 1. The van der Waals surface area contributed by atoms with Crippen molar-refractivity contribution in [2.45, 2.75) is 11.8 Å². The summed E-state index contributed by atoms with van der Waals surface area (Å²) in [5, 5.41) is 4.35. The average molecular weight is 425 g/mol. The second kappa shape index (κ2) is 8.82. The number of ether oxygens (including phenoxy) is 2. The third kappa shape index (κ3) is 4.76. The molecule has 3 rings (SSSR count). The lowest BCUT2D eigenvalue weighted by atomic mass is 10.3. The molecule has 2 heterocycles. The highest BCUT2D eigenvalue weighted by Gasteiger charge is 2.26. The molecule has 0 radical (unpaired) electrons. The van der Waals surface area contributed by atoms with Crippen LogP contribution in [-0.4, -0.2) is 57.5 Å². The number of nitrogens with zero attached hydrogens (tertiary/aromatic N) is 1. The Morgan fingerprint density at radius 3 is 2.46 bits per heavy atom. The number of benzene rings is 1. The van der Waals surface area contributed by atoms with Gasteiger partial charge in [0.05, 0.1) is 18.1 Å². The summed E-state index contributed by atoms with van der Waals surface area (Å²) in [5.41, 5.74) is 1.21. The molecule has 1 N–H and O–H groups in total. The lowest BCUT2D eigenvalue weighted by Crippen LogP contribution is -2.40. The Bertz CT molecular complexity index is 947. The summed E-state index contributed by atoms with van der Waals surface area (Å²) in [6, 6.07) is 7.66. The summed E-state index contributed by atoms with van der Waals surface area (Å²) >= 11 is 1.25. The van der Waals surface area contributed by atoms with Crippen LogP contribution in [0.5, 0.6) is 0 Å². The van der Waals surface area contributed by atoms with Crippen molar-refractivity contribution in [3.8, 4) is 0 Å². The first-order chi connectivity index (χ1) is 13.4. The highest BCUT2D eigenvalue weighted by Crippen LogP contribution is 2.20. The monoisotopic (exact) mass is 424 g/mol. The van der Waals surface area contributed by atoms with Crippen molar-refractivity contribution < 1.29 is 27.5 Å². The Morgan fingerprint density at radius 1 is 1.18 bits per heavy atom. The van der Waals surface area contributed by atoms with Crippen molar-refractivity contribution in [1.82, 2.24) is 4.31 Å². The van der Waals surface area contributed by atoms with E-state index < -0.39 is 28.5 Å². The van der Waals surface area contributed by atoms with Crippen molar-refractivity contribution in [2.24, 2.45) is 0 Å². The van der Waals surface area contributed by atoms with Crippen molar-refractivity contribution in [2.75, 3.05) is 38.2 Å². The van der Waals surface area contributed by atoms with Gasteiger partial charge in [-0.05, 0) is 48.2 Å². The van der Waals surface area contributed by atoms with Gasteiger partial charge in [-0.1, -0.05) is 0 Å². The summed E-state index contributed by atoms with van der Waals surface area (Å²) in [5.74, 6) is -1.05. The molecule has 1 aromatic carbocycles. The number of anilines is 1. The molecule has 2 aromatic rings. The lowest BCUT2D eigenvalue weighted by Gasteiger charge is -2.26. The highest BCUT2D eigenvalue weighted by molar-refractivity contribution is 7.89. The first-order valence-corrected chi connectivity index (χ1v) is 10.9. The number of rotatable bonds is 6. The molecule has 1 amide bonds. The molecule has 1 aliphatic heterocycles. The van der Waals surface area contributed by atoms with Crippen LogP contribution < -0.4 is 5.32 Å². The summed E-state index contributed by atoms with van der Waals surface area (Å²) in [6.07, 6.45) is 0. The van der Waals surface area contributed by atoms with E-state index in [0.29, 0.717) is 36.9 Å². The zero-order valence-electron chi connectivity index (χ0n) is 15.2. The molecule has 0 aliphatic carbocycles. The fourth-order valence-corrected chi connectivity index (χ4v) is 4.85. The van der Waals surface area contributed by atoms with E-state index in [0.717, 1.165) is 5.56 Å². The van der Waals surface area contributed by atoms with E-state index in [1.807, 2.05) is 0 Å². The topological polar surface area (TPSA) is 102 Å². The number of hydrogen-bond acceptors (Lipinski definition) is 7. The van der Waals surface area contributed by atoms with Gasteiger partial charge in [-0.25, -0.2) is 13.2 Å². The molecule has 0 unspecified atom stereocenters. The van der Waals surface area contributed by atoms with Crippen molar-refractivity contribution in [3.63, 3.8) is 0 Å². The highest BCUT2D eigenvalue weighted by atomic mass is 32.2. The molecular formula is C18H20N2O6S2. The van der Waals surface area contributed by atoms with Crippen LogP contribution in [-0.2, 0) is 24.3 Å². The number of nitrogens with one attached hydrogen (secondary N) is 1. The quantitative estimate of drug-likeness (QED) is 0.711. The Balaban J connectivity index is 1.55. The van der Waals surface area contributed by atoms with Gasteiger partial charge in [-0.2, -0.15) is 4.31 Å². The Morgan fingerprint density at radius 2 is 1.86 bits per heavy atom. The lowest BCUT2D eigenvalue weighted by molar-refractivity contribution is -0.119. The maximum atomic E-state index is 12.6. The first kappa shape index (κ1) is 20.5. The van der Waals surface area contributed by atoms with Crippen LogP contribution in [0.3, 0.4) is 0 Å². The Labute approximate surface area is 167 Å². The molecule has 10 heteroatoms. The molecule has 0 atom stereocenters. The summed E-state index contributed by atoms with van der Waals surface area (Å²) in [7, 11) is -3.59. The van der Waals surface area contributed by atoms with E-state index in [-0.39, 0.29) is 4.90 Å². The molecule has 1 saturated heterocycles. The van der Waals surface area contributed by atoms with Gasteiger partial charge in [0.2, 0.25) is 10.0 Å². The van der Waals surface area contributed by atoms with Crippen LogP contribution in [0.25, 0.3) is 0 Å². The van der Waals surface area contributed by atoms with Gasteiger partial charge in [0.1, 0.15) is 4.88 Å². The van der Waals surface area contributed by atoms with E-state index in [2.05, 4.69) is 5.32 Å². The molecule has 150 valence electrons. The number of esters is 1. The molecule has 1 fully saturated rings. The number of carbonyl (C=O) groups is 2. The number of carbonyl (C=O) groups excluding carboxylic acids is 2. The van der Waals surface area contributed by atoms with Gasteiger partial charge in [0.25, 0.3) is 5.91 Å². The molecule has 0 spiro atoms. The summed E-state index contributed by atoms with van der Waals surface area (Å²) < 4.78 is 36.7. The molecule has 28 heavy (non-hydrogen) atoms. The smallest absolute Gasteiger partial charge is 0.349 e. The fraction of sp³-hybridized carbons (Fsp3) is 0.333. The maximum absolute atomic E-state index is 12.6. The first-order valence-electron chi connectivity index (χ1n) is 8.57. The van der Waals surface area contributed by atoms with E-state index >= 15 is 0 Å². The minimum atomic E-state index is -3.59. The third-order valence-electron chi connectivity index (χ3n) is 4.13. The van der Waals surface area contributed by atoms with E-state index in [1.54, 1.807) is 18.4 Å². The molecule has 1 aliphatic rings. The van der Waals surface area contributed by atoms with Crippen molar-refractivity contribution >= 4 is 38.9 Å². The number of hydrogen-bond donors (Lipinski definition) is 1. The third-order valence-corrected chi connectivity index (χ3v) is 7.04. The largest absolute Gasteiger partial charge is 0.451 e. The van der Waals surface area contributed by atoms with Crippen LogP contribution in [0.2, 0.25) is 0 Å². The Kier molecular flexibility index (Phi) is 6.45. The normalized spacial score (nSPS) is 15.2. The van der Waals surface area contributed by atoms with Gasteiger partial charge < -0.3 is 14.8 Å². The number of aryl methyl sites for hydroxylation is 1. The molecule has 0 bridgehead atoms. The van der Waals surface area contributed by atoms with Crippen molar-refractivity contribution in [1.29, 1.82) is 0 Å². The predicted molar refractivity (Wildman–Crippen MR) is 104 cm³/mol. The van der Waals surface area contributed by atoms with E-state index in [1.165, 1.54) is 39.9 Å². The summed E-state index contributed by atoms with van der Waals surface area (Å²) in [6.45, 7) is 2.74. The van der Waals surface area contributed by atoms with Gasteiger partial charge in [-0.3, -0.25) is 4.79 Å². The standard InChI is InChI=1S/C18H20N2O6S2/c1-13-6-11-27-17(13)18(22)26-12-16(21)19-14-2-4-15(5-3-14)28(23,24)20-7-9-25-10-8-20/h2-6,11H,7-10,12H2,1H3,(H,19,21). The predicted octanol–water partition coefficient (Wildman–Crippen LogP) is 1.87. The van der Waals surface area contributed by atoms with Crippen LogP contribution in [0, 0.1) is 6.92 Å². The van der Waals surface area contributed by atoms with Gasteiger partial charge in [-0.15, -0.1) is 11.3 Å². The second-order valence-electron chi connectivity index (χ2n) is 6.10. The maximum Gasteiger partial charge on any atom is 0.349 e. The number of sulfonamides is 1. The number of morpholine rings is 1. The number of amides is 1. The van der Waals surface area contributed by atoms with Crippen molar-refractivity contribution in [3.05, 3.63) is 46.2 Å². The van der Waals surface area contributed by atoms with Crippen LogP contribution in [0.1, 0.15) is 15.2 Å². The van der Waals surface area contributed by atoms with Gasteiger partial charge in [0.15, 0.2) is 6.61 Å². The molecule has 1 aromatic heterocycles. The minimum Gasteiger partial charge on any atom is -0.451 e. The van der Waals surface area contributed by atoms with E-state index in [9.17, 15) is 18.0 Å². The zero-order chi connectivity index (χ0) is 20.1. The van der Waals surface area contributed by atoms with Gasteiger partial charge in [0, 0.05) is 18.8 Å². The Hall–Kier alpha value is -2.27. The zero-order valence-corrected chi connectivity index (χ0v) is 16.8. The van der Waals surface area contributed by atoms with Crippen LogP contribution in [0.15, 0.2) is 40.6 Å². The second-order valence-corrected chi connectivity index (χ2v) is 8.95. The fourth-order valence-electron chi connectivity index (χ4n) is 2.62. The van der Waals surface area contributed by atoms with Gasteiger partial charge >= 0.3 is 5.97 Å². The average Bonchev–Trinajstić information content (AvgIpc) is 3.13. The summed E-state index contributed by atoms with van der Waals surface area (Å²) in [4.78, 5) is 24.5. The minimum absolute atomic E-state index is 0.145. The van der Waals surface area contributed by atoms with Crippen LogP contribution >= 0.6 is 11.3 Å².